The predicted molar refractivity (Wildman–Crippen MR) is 86.4 cm³/mol. The molecule has 1 amide bonds. The summed E-state index contributed by atoms with van der Waals surface area (Å²) >= 11 is 5.92. The summed E-state index contributed by atoms with van der Waals surface area (Å²) in [5.41, 5.74) is -0.234. The van der Waals surface area contributed by atoms with E-state index >= 15 is 0 Å². The van der Waals surface area contributed by atoms with Crippen LogP contribution in [0.4, 0.5) is 10.6 Å². The molecule has 0 aromatic carbocycles. The molecule has 1 aromatic rings. The molecule has 1 aromatic heterocycles. The van der Waals surface area contributed by atoms with Gasteiger partial charge in [0.05, 0.1) is 12.7 Å². The van der Waals surface area contributed by atoms with Gasteiger partial charge in [0.2, 0.25) is 0 Å². The van der Waals surface area contributed by atoms with Crippen LogP contribution in [-0.2, 0) is 4.74 Å². The molecular weight excluding hydrogens is 318 g/mol. The summed E-state index contributed by atoms with van der Waals surface area (Å²) in [6, 6.07) is 1.88. The van der Waals surface area contributed by atoms with Gasteiger partial charge in [0.25, 0.3) is 0 Å². The monoisotopic (exact) mass is 337 g/mol. The molecule has 7 nitrogen and oxygen atoms in total. The van der Waals surface area contributed by atoms with Crippen LogP contribution in [0.15, 0.2) is 6.20 Å². The molecule has 0 aliphatic carbocycles. The lowest BCUT2D eigenvalue weighted by molar-refractivity contribution is 0.0825. The van der Waals surface area contributed by atoms with Crippen molar-refractivity contribution in [3.63, 3.8) is 0 Å². The summed E-state index contributed by atoms with van der Waals surface area (Å²) in [5.74, 6) is 0.582. The van der Waals surface area contributed by atoms with E-state index in [9.17, 15) is 4.79 Å². The first-order valence-corrected chi connectivity index (χ1v) is 7.82. The Bertz CT molecular complexity index is 623. The molecule has 1 atom stereocenters. The van der Waals surface area contributed by atoms with E-state index in [4.69, 9.17) is 21.6 Å². The number of carbonyl (C=O) groups excluding carboxylic acids is 1. The second-order valence-corrected chi connectivity index (χ2v) is 6.83. The zero-order valence-corrected chi connectivity index (χ0v) is 14.2. The lowest BCUT2D eigenvalue weighted by atomic mass is 10.1. The van der Waals surface area contributed by atoms with Crippen LogP contribution in [0.25, 0.3) is 0 Å². The van der Waals surface area contributed by atoms with Crippen LogP contribution >= 0.6 is 11.6 Å². The molecule has 0 radical (unpaired) electrons. The van der Waals surface area contributed by atoms with Gasteiger partial charge < -0.3 is 15.0 Å². The number of aromatic nitrogens is 2. The Morgan fingerprint density at radius 3 is 2.91 bits per heavy atom. The minimum Gasteiger partial charge on any atom is -0.444 e. The SMILES string of the molecule is CC(C)(C)NC(=O)O[C@@H]1CCCN(c2cnc(C#N)c(Cl)n2)C1. The van der Waals surface area contributed by atoms with Crippen molar-refractivity contribution in [3.05, 3.63) is 17.0 Å². The molecule has 0 saturated carbocycles. The molecule has 0 unspecified atom stereocenters. The number of halogens is 1. The number of hydrogen-bond donors (Lipinski definition) is 1. The van der Waals surface area contributed by atoms with Crippen LogP contribution in [-0.4, -0.2) is 40.8 Å². The number of ether oxygens (including phenoxy) is 1. The van der Waals surface area contributed by atoms with Gasteiger partial charge in [-0.05, 0) is 33.6 Å². The number of rotatable bonds is 2. The number of hydrogen-bond acceptors (Lipinski definition) is 6. The van der Waals surface area contributed by atoms with Crippen molar-refractivity contribution in [2.24, 2.45) is 0 Å². The van der Waals surface area contributed by atoms with Gasteiger partial charge in [0, 0.05) is 12.1 Å². The highest BCUT2D eigenvalue weighted by molar-refractivity contribution is 6.30. The van der Waals surface area contributed by atoms with E-state index in [1.54, 1.807) is 0 Å². The standard InChI is InChI=1S/C15H20ClN5O2/c1-15(2,3)20-14(22)23-10-5-4-6-21(9-10)12-8-18-11(7-17)13(16)19-12/h8,10H,4-6,9H2,1-3H3,(H,20,22)/t10-/m1/s1. The van der Waals surface area contributed by atoms with Crippen LogP contribution in [0.1, 0.15) is 39.3 Å². The summed E-state index contributed by atoms with van der Waals surface area (Å²) in [5, 5.41) is 11.7. The number of anilines is 1. The lowest BCUT2D eigenvalue weighted by Crippen LogP contribution is -2.46. The Hall–Kier alpha value is -2.07. The summed E-state index contributed by atoms with van der Waals surface area (Å²) in [6.45, 7) is 6.99. The van der Waals surface area contributed by atoms with E-state index < -0.39 is 6.09 Å². The maximum Gasteiger partial charge on any atom is 0.407 e. The smallest absolute Gasteiger partial charge is 0.407 e. The largest absolute Gasteiger partial charge is 0.444 e. The topological polar surface area (TPSA) is 91.1 Å². The molecule has 2 rings (SSSR count). The van der Waals surface area contributed by atoms with Gasteiger partial charge in [-0.3, -0.25) is 0 Å². The van der Waals surface area contributed by atoms with Gasteiger partial charge >= 0.3 is 6.09 Å². The van der Waals surface area contributed by atoms with Crippen molar-refractivity contribution >= 4 is 23.5 Å². The Labute approximate surface area is 140 Å². The number of piperidine rings is 1. The van der Waals surface area contributed by atoms with Gasteiger partial charge in [-0.2, -0.15) is 5.26 Å². The van der Waals surface area contributed by atoms with Gasteiger partial charge in [0.15, 0.2) is 10.8 Å². The van der Waals surface area contributed by atoms with Crippen LogP contribution in [0.5, 0.6) is 0 Å². The highest BCUT2D eigenvalue weighted by Gasteiger charge is 2.26. The van der Waals surface area contributed by atoms with Gasteiger partial charge in [0.1, 0.15) is 18.0 Å². The fraction of sp³-hybridized carbons (Fsp3) is 0.600. The van der Waals surface area contributed by atoms with E-state index in [1.165, 1.54) is 6.20 Å². The minimum atomic E-state index is -0.423. The molecule has 124 valence electrons. The Morgan fingerprint density at radius 1 is 1.57 bits per heavy atom. The van der Waals surface area contributed by atoms with Crippen LogP contribution < -0.4 is 10.2 Å². The zero-order chi connectivity index (χ0) is 17.0. The van der Waals surface area contributed by atoms with Gasteiger partial charge in [-0.15, -0.1) is 0 Å². The third-order valence-corrected chi connectivity index (χ3v) is 3.54. The highest BCUT2D eigenvalue weighted by atomic mass is 35.5. The molecule has 1 saturated heterocycles. The number of amides is 1. The molecule has 1 aliphatic rings. The Morgan fingerprint density at radius 2 is 2.30 bits per heavy atom. The summed E-state index contributed by atoms with van der Waals surface area (Å²) in [7, 11) is 0. The molecule has 1 fully saturated rings. The maximum atomic E-state index is 11.9. The first-order chi connectivity index (χ1) is 10.8. The van der Waals surface area contributed by atoms with Crippen LogP contribution in [0.3, 0.4) is 0 Å². The van der Waals surface area contributed by atoms with E-state index in [2.05, 4.69) is 15.3 Å². The number of alkyl carbamates (subject to hydrolysis) is 1. The third-order valence-electron chi connectivity index (χ3n) is 3.28. The van der Waals surface area contributed by atoms with E-state index in [-0.39, 0.29) is 22.5 Å². The second-order valence-electron chi connectivity index (χ2n) is 6.47. The molecule has 8 heteroatoms. The summed E-state index contributed by atoms with van der Waals surface area (Å²) < 4.78 is 5.47. The average Bonchev–Trinajstić information content (AvgIpc) is 2.45. The highest BCUT2D eigenvalue weighted by Crippen LogP contribution is 2.21. The number of carbonyl (C=O) groups is 1. The number of nitrogens with one attached hydrogen (secondary N) is 1. The van der Waals surface area contributed by atoms with Crippen molar-refractivity contribution in [1.29, 1.82) is 5.26 Å². The molecule has 1 N–H and O–H groups in total. The maximum absolute atomic E-state index is 11.9. The minimum absolute atomic E-state index is 0.0820. The molecule has 23 heavy (non-hydrogen) atoms. The van der Waals surface area contributed by atoms with Gasteiger partial charge in [-0.1, -0.05) is 11.6 Å². The van der Waals surface area contributed by atoms with Crippen molar-refractivity contribution in [3.8, 4) is 6.07 Å². The van der Waals surface area contributed by atoms with E-state index in [1.807, 2.05) is 31.7 Å². The second kappa shape index (κ2) is 7.01. The fourth-order valence-electron chi connectivity index (χ4n) is 2.31. The predicted octanol–water partition coefficient (Wildman–Crippen LogP) is 2.50. The number of nitriles is 1. The fourth-order valence-corrected chi connectivity index (χ4v) is 2.49. The normalized spacial score (nSPS) is 18.2. The first-order valence-electron chi connectivity index (χ1n) is 7.45. The van der Waals surface area contributed by atoms with Gasteiger partial charge in [-0.25, -0.2) is 14.8 Å². The molecule has 0 bridgehead atoms. The van der Waals surface area contributed by atoms with Crippen LogP contribution in [0.2, 0.25) is 5.15 Å². The van der Waals surface area contributed by atoms with Crippen molar-refractivity contribution in [2.75, 3.05) is 18.0 Å². The molecule has 0 spiro atoms. The molecular formula is C15H20ClN5O2. The summed E-state index contributed by atoms with van der Waals surface area (Å²) in [4.78, 5) is 22.0. The van der Waals surface area contributed by atoms with E-state index in [0.717, 1.165) is 19.4 Å². The van der Waals surface area contributed by atoms with Crippen molar-refractivity contribution in [1.82, 2.24) is 15.3 Å². The third kappa shape index (κ3) is 4.96. The Kier molecular flexibility index (Phi) is 5.26. The molecule has 1 aliphatic heterocycles. The van der Waals surface area contributed by atoms with E-state index in [0.29, 0.717) is 12.4 Å². The molecule has 2 heterocycles. The summed E-state index contributed by atoms with van der Waals surface area (Å²) in [6.07, 6.45) is 2.54. The van der Waals surface area contributed by atoms with Crippen LogP contribution in [0, 0.1) is 11.3 Å². The lowest BCUT2D eigenvalue weighted by Gasteiger charge is -2.33. The number of nitrogens with zero attached hydrogens (tertiary/aromatic N) is 4. The first kappa shape index (κ1) is 17.3. The van der Waals surface area contributed by atoms with Crippen molar-refractivity contribution in [2.45, 2.75) is 45.3 Å². The average molecular weight is 338 g/mol. The zero-order valence-electron chi connectivity index (χ0n) is 13.5. The van der Waals surface area contributed by atoms with Crippen molar-refractivity contribution < 1.29 is 9.53 Å². The quantitative estimate of drug-likeness (QED) is 0.891. The Balaban J connectivity index is 1.99.